The number of ether oxygens (including phenoxy) is 1. The van der Waals surface area contributed by atoms with Crippen LogP contribution in [-0.2, 0) is 0 Å². The van der Waals surface area contributed by atoms with Crippen molar-refractivity contribution in [1.82, 2.24) is 4.90 Å². The minimum absolute atomic E-state index is 0.0736. The summed E-state index contributed by atoms with van der Waals surface area (Å²) in [5.74, 6) is 3.10. The third kappa shape index (κ3) is 4.14. The smallest absolute Gasteiger partial charge is 0.253 e. The summed E-state index contributed by atoms with van der Waals surface area (Å²) in [6.45, 7) is 2.91. The molecule has 1 aromatic rings. The number of benzene rings is 1. The van der Waals surface area contributed by atoms with Crippen LogP contribution in [0.1, 0.15) is 28.8 Å². The Balaban J connectivity index is 2.10. The molecule has 0 spiro atoms. The Morgan fingerprint density at radius 2 is 2.14 bits per heavy atom. The molecule has 1 fully saturated rings. The van der Waals surface area contributed by atoms with Crippen LogP contribution in [0.5, 0.6) is 5.75 Å². The van der Waals surface area contributed by atoms with Crippen molar-refractivity contribution >= 4 is 17.7 Å². The van der Waals surface area contributed by atoms with Crippen LogP contribution in [0.4, 0.5) is 0 Å². The van der Waals surface area contributed by atoms with Crippen LogP contribution in [-0.4, -0.2) is 48.6 Å². The molecule has 0 bridgehead atoms. The first-order valence-corrected chi connectivity index (χ1v) is 8.57. The number of carbonyl (C=O) groups excluding carboxylic acids is 1. The molecule has 0 atom stereocenters. The lowest BCUT2D eigenvalue weighted by Crippen LogP contribution is -2.39. The molecule has 1 aromatic carbocycles. The van der Waals surface area contributed by atoms with E-state index < -0.39 is 0 Å². The fraction of sp³-hybridized carbons (Fsp3) is 0.562. The lowest BCUT2D eigenvalue weighted by atomic mass is 10.1. The average Bonchev–Trinajstić information content (AvgIpc) is 2.53. The summed E-state index contributed by atoms with van der Waals surface area (Å²) in [6, 6.07) is 6.00. The number of hydrogen-bond donors (Lipinski definition) is 1. The summed E-state index contributed by atoms with van der Waals surface area (Å²) >= 11 is 1.97. The maximum Gasteiger partial charge on any atom is 0.253 e. The normalized spacial score (nSPS) is 15.8. The molecule has 1 heterocycles. The first kappa shape index (κ1) is 16.2. The molecule has 116 valence electrons. The molecule has 0 aliphatic carbocycles. The maximum absolute atomic E-state index is 12.6. The Labute approximate surface area is 131 Å². The summed E-state index contributed by atoms with van der Waals surface area (Å²) in [5.41, 5.74) is 7.18. The minimum Gasteiger partial charge on any atom is -0.492 e. The van der Waals surface area contributed by atoms with E-state index in [1.807, 2.05) is 48.8 Å². The Kier molecular flexibility index (Phi) is 5.94. The topological polar surface area (TPSA) is 55.6 Å². The summed E-state index contributed by atoms with van der Waals surface area (Å²) in [6.07, 6.45) is 2.16. The number of thioether (sulfide) groups is 1. The number of nitrogens with two attached hydrogens (primary N) is 1. The molecule has 0 unspecified atom stereocenters. The van der Waals surface area contributed by atoms with Gasteiger partial charge in [-0.2, -0.15) is 11.8 Å². The number of hydrogen-bond acceptors (Lipinski definition) is 4. The Bertz CT molecular complexity index is 487. The lowest BCUT2D eigenvalue weighted by molar-refractivity contribution is 0.0723. The van der Waals surface area contributed by atoms with Crippen molar-refractivity contribution in [3.63, 3.8) is 0 Å². The zero-order chi connectivity index (χ0) is 15.2. The molecule has 0 aromatic heterocycles. The van der Waals surface area contributed by atoms with E-state index in [1.54, 1.807) is 0 Å². The molecule has 1 aliphatic heterocycles. The molecule has 4 nitrogen and oxygen atoms in total. The van der Waals surface area contributed by atoms with Crippen LogP contribution in [0.2, 0.25) is 0 Å². The molecule has 1 aliphatic rings. The summed E-state index contributed by atoms with van der Waals surface area (Å²) in [4.78, 5) is 14.5. The first-order valence-electron chi connectivity index (χ1n) is 7.42. The Morgan fingerprint density at radius 1 is 1.43 bits per heavy atom. The van der Waals surface area contributed by atoms with Gasteiger partial charge in [0.05, 0.1) is 0 Å². The summed E-state index contributed by atoms with van der Waals surface area (Å²) < 4.78 is 5.60. The van der Waals surface area contributed by atoms with Gasteiger partial charge in [0.25, 0.3) is 5.91 Å². The predicted octanol–water partition coefficient (Wildman–Crippen LogP) is 2.30. The van der Waals surface area contributed by atoms with Crippen molar-refractivity contribution in [3.05, 3.63) is 29.3 Å². The second-order valence-corrected chi connectivity index (χ2v) is 6.60. The Morgan fingerprint density at radius 3 is 2.81 bits per heavy atom. The number of carbonyl (C=O) groups is 1. The minimum atomic E-state index is 0.0736. The molecule has 1 amide bonds. The van der Waals surface area contributed by atoms with Crippen LogP contribution in [0.15, 0.2) is 18.2 Å². The van der Waals surface area contributed by atoms with Gasteiger partial charge in [0.2, 0.25) is 0 Å². The van der Waals surface area contributed by atoms with E-state index in [1.165, 1.54) is 0 Å². The van der Waals surface area contributed by atoms with Gasteiger partial charge in [0.1, 0.15) is 12.4 Å². The van der Waals surface area contributed by atoms with E-state index in [9.17, 15) is 4.79 Å². The lowest BCUT2D eigenvalue weighted by Gasteiger charge is -2.31. The van der Waals surface area contributed by atoms with Crippen LogP contribution in [0, 0.1) is 6.92 Å². The molecule has 0 saturated carbocycles. The van der Waals surface area contributed by atoms with Gasteiger partial charge in [-0.3, -0.25) is 4.79 Å². The van der Waals surface area contributed by atoms with Gasteiger partial charge in [-0.05, 0) is 49.0 Å². The van der Waals surface area contributed by atoms with Crippen LogP contribution in [0.3, 0.4) is 0 Å². The van der Waals surface area contributed by atoms with Crippen LogP contribution >= 0.6 is 11.8 Å². The number of aryl methyl sites for hydroxylation is 1. The summed E-state index contributed by atoms with van der Waals surface area (Å²) in [5, 5.41) is 0. The van der Waals surface area contributed by atoms with Gasteiger partial charge in [-0.25, -0.2) is 0 Å². The molecule has 2 rings (SSSR count). The monoisotopic (exact) mass is 308 g/mol. The van der Waals surface area contributed by atoms with Gasteiger partial charge in [-0.15, -0.1) is 0 Å². The standard InChI is InChI=1S/C16H24N2O2S/c1-12-3-4-13(11-15(12)20-8-7-17)16(19)18(2)14-5-9-21-10-6-14/h3-4,11,14H,5-10,17H2,1-2H3. The largest absolute Gasteiger partial charge is 0.492 e. The number of nitrogens with zero attached hydrogens (tertiary/aromatic N) is 1. The molecule has 5 heteroatoms. The Hall–Kier alpha value is -1.20. The van der Waals surface area contributed by atoms with Crippen LogP contribution < -0.4 is 10.5 Å². The van der Waals surface area contributed by atoms with Crippen molar-refractivity contribution in [2.75, 3.05) is 31.7 Å². The molecular formula is C16H24N2O2S. The van der Waals surface area contributed by atoms with Gasteiger partial charge in [0, 0.05) is 25.2 Å². The molecule has 2 N–H and O–H groups in total. The van der Waals surface area contributed by atoms with E-state index in [2.05, 4.69) is 0 Å². The van der Waals surface area contributed by atoms with E-state index in [0.717, 1.165) is 35.7 Å². The van der Waals surface area contributed by atoms with Crippen molar-refractivity contribution in [2.45, 2.75) is 25.8 Å². The van der Waals surface area contributed by atoms with Gasteiger partial charge in [0.15, 0.2) is 0 Å². The fourth-order valence-electron chi connectivity index (χ4n) is 2.50. The SMILES string of the molecule is Cc1ccc(C(=O)N(C)C2CCSCC2)cc1OCCN. The first-order chi connectivity index (χ1) is 10.1. The number of amides is 1. The zero-order valence-electron chi connectivity index (χ0n) is 12.8. The third-order valence-electron chi connectivity index (χ3n) is 3.87. The van der Waals surface area contributed by atoms with E-state index >= 15 is 0 Å². The molecular weight excluding hydrogens is 284 g/mol. The predicted molar refractivity (Wildman–Crippen MR) is 88.2 cm³/mol. The van der Waals surface area contributed by atoms with Crippen molar-refractivity contribution < 1.29 is 9.53 Å². The van der Waals surface area contributed by atoms with Crippen molar-refractivity contribution in [3.8, 4) is 5.75 Å². The second kappa shape index (κ2) is 7.71. The highest BCUT2D eigenvalue weighted by Crippen LogP contribution is 2.24. The van der Waals surface area contributed by atoms with Gasteiger partial charge >= 0.3 is 0 Å². The van der Waals surface area contributed by atoms with E-state index in [0.29, 0.717) is 24.8 Å². The second-order valence-electron chi connectivity index (χ2n) is 5.38. The van der Waals surface area contributed by atoms with E-state index in [4.69, 9.17) is 10.5 Å². The quantitative estimate of drug-likeness (QED) is 0.907. The summed E-state index contributed by atoms with van der Waals surface area (Å²) in [7, 11) is 1.91. The van der Waals surface area contributed by atoms with Gasteiger partial charge in [-0.1, -0.05) is 6.07 Å². The fourth-order valence-corrected chi connectivity index (χ4v) is 3.58. The third-order valence-corrected chi connectivity index (χ3v) is 4.92. The highest BCUT2D eigenvalue weighted by molar-refractivity contribution is 7.99. The van der Waals surface area contributed by atoms with E-state index in [-0.39, 0.29) is 5.91 Å². The van der Waals surface area contributed by atoms with Crippen molar-refractivity contribution in [1.29, 1.82) is 0 Å². The van der Waals surface area contributed by atoms with Gasteiger partial charge < -0.3 is 15.4 Å². The molecule has 21 heavy (non-hydrogen) atoms. The molecule has 0 radical (unpaired) electrons. The van der Waals surface area contributed by atoms with Crippen LogP contribution in [0.25, 0.3) is 0 Å². The molecule has 1 saturated heterocycles. The highest BCUT2D eigenvalue weighted by Gasteiger charge is 2.23. The van der Waals surface area contributed by atoms with Crippen molar-refractivity contribution in [2.24, 2.45) is 5.73 Å². The maximum atomic E-state index is 12.6. The average molecular weight is 308 g/mol. The number of rotatable bonds is 5. The highest BCUT2D eigenvalue weighted by atomic mass is 32.2. The zero-order valence-corrected chi connectivity index (χ0v) is 13.6.